The van der Waals surface area contributed by atoms with E-state index >= 15 is 0 Å². The second-order valence-corrected chi connectivity index (χ2v) is 5.57. The van der Waals surface area contributed by atoms with Gasteiger partial charge >= 0.3 is 0 Å². The predicted molar refractivity (Wildman–Crippen MR) is 85.0 cm³/mol. The van der Waals surface area contributed by atoms with Crippen LogP contribution in [0.15, 0.2) is 24.3 Å². The molecule has 0 spiro atoms. The monoisotopic (exact) mass is 316 g/mol. The number of ether oxygens (including phenoxy) is 2. The molecule has 2 aliphatic rings. The number of carbonyl (C=O) groups is 2. The topological polar surface area (TPSA) is 67.9 Å². The number of amides is 2. The van der Waals surface area contributed by atoms with E-state index in [1.54, 1.807) is 6.08 Å². The Morgan fingerprint density at radius 1 is 1.17 bits per heavy atom. The molecule has 122 valence electrons. The second-order valence-electron chi connectivity index (χ2n) is 5.57. The Morgan fingerprint density at radius 2 is 1.96 bits per heavy atom. The van der Waals surface area contributed by atoms with Crippen molar-refractivity contribution in [3.8, 4) is 11.5 Å². The number of fused-ring (bicyclic) bond motifs is 1. The SMILES string of the molecule is O=C(/C=C/c1ccc2c(c1)OCO2)NCCC(=O)N1CCCC1. The minimum atomic E-state index is -0.211. The summed E-state index contributed by atoms with van der Waals surface area (Å²) in [4.78, 5) is 25.5. The summed E-state index contributed by atoms with van der Waals surface area (Å²) < 4.78 is 10.5. The fraction of sp³-hybridized carbons (Fsp3) is 0.412. The van der Waals surface area contributed by atoms with Gasteiger partial charge < -0.3 is 19.7 Å². The van der Waals surface area contributed by atoms with Gasteiger partial charge in [-0.2, -0.15) is 0 Å². The van der Waals surface area contributed by atoms with Crippen LogP contribution >= 0.6 is 0 Å². The molecule has 6 heteroatoms. The zero-order valence-corrected chi connectivity index (χ0v) is 12.9. The van der Waals surface area contributed by atoms with Gasteiger partial charge in [-0.25, -0.2) is 0 Å². The van der Waals surface area contributed by atoms with Crippen molar-refractivity contribution < 1.29 is 19.1 Å². The van der Waals surface area contributed by atoms with E-state index in [1.807, 2.05) is 23.1 Å². The lowest BCUT2D eigenvalue weighted by Gasteiger charge is -2.14. The maximum absolute atomic E-state index is 11.8. The van der Waals surface area contributed by atoms with Crippen LogP contribution in [0.1, 0.15) is 24.8 Å². The van der Waals surface area contributed by atoms with Gasteiger partial charge in [0.2, 0.25) is 18.6 Å². The van der Waals surface area contributed by atoms with E-state index < -0.39 is 0 Å². The second kappa shape index (κ2) is 7.17. The third-order valence-electron chi connectivity index (χ3n) is 3.92. The van der Waals surface area contributed by atoms with Gasteiger partial charge in [-0.15, -0.1) is 0 Å². The highest BCUT2D eigenvalue weighted by atomic mass is 16.7. The molecule has 6 nitrogen and oxygen atoms in total. The van der Waals surface area contributed by atoms with Crippen LogP contribution < -0.4 is 14.8 Å². The number of rotatable bonds is 5. The number of nitrogens with one attached hydrogen (secondary N) is 1. The summed E-state index contributed by atoms with van der Waals surface area (Å²) in [7, 11) is 0. The van der Waals surface area contributed by atoms with E-state index in [2.05, 4.69) is 5.32 Å². The summed E-state index contributed by atoms with van der Waals surface area (Å²) in [5.74, 6) is 1.30. The van der Waals surface area contributed by atoms with E-state index in [4.69, 9.17) is 9.47 Å². The molecule has 0 aliphatic carbocycles. The molecule has 0 unspecified atom stereocenters. The maximum Gasteiger partial charge on any atom is 0.244 e. The summed E-state index contributed by atoms with van der Waals surface area (Å²) in [5, 5.41) is 2.73. The highest BCUT2D eigenvalue weighted by Gasteiger charge is 2.17. The van der Waals surface area contributed by atoms with Gasteiger partial charge in [0.1, 0.15) is 0 Å². The Kier molecular flexibility index (Phi) is 4.80. The zero-order valence-electron chi connectivity index (χ0n) is 12.9. The van der Waals surface area contributed by atoms with Crippen LogP contribution in [0, 0.1) is 0 Å². The minimum Gasteiger partial charge on any atom is -0.454 e. The van der Waals surface area contributed by atoms with Crippen molar-refractivity contribution in [2.45, 2.75) is 19.3 Å². The van der Waals surface area contributed by atoms with Gasteiger partial charge in [-0.1, -0.05) is 6.07 Å². The van der Waals surface area contributed by atoms with Crippen LogP contribution in [-0.4, -0.2) is 43.1 Å². The average molecular weight is 316 g/mol. The fourth-order valence-corrected chi connectivity index (χ4v) is 2.66. The average Bonchev–Trinajstić information content (AvgIpc) is 3.23. The predicted octanol–water partition coefficient (Wildman–Crippen LogP) is 1.56. The molecule has 0 aromatic heterocycles. The zero-order chi connectivity index (χ0) is 16.1. The Bertz CT molecular complexity index is 621. The first-order valence-electron chi connectivity index (χ1n) is 7.86. The molecule has 3 rings (SSSR count). The summed E-state index contributed by atoms with van der Waals surface area (Å²) in [6.45, 7) is 2.28. The first kappa shape index (κ1) is 15.4. The van der Waals surface area contributed by atoms with Crippen molar-refractivity contribution in [3.05, 3.63) is 29.8 Å². The molecule has 23 heavy (non-hydrogen) atoms. The Balaban J connectivity index is 1.43. The summed E-state index contributed by atoms with van der Waals surface area (Å²) in [6, 6.07) is 5.49. The van der Waals surface area contributed by atoms with Crippen molar-refractivity contribution >= 4 is 17.9 Å². The molecule has 2 heterocycles. The molecule has 0 saturated carbocycles. The molecule has 1 saturated heterocycles. The van der Waals surface area contributed by atoms with E-state index in [9.17, 15) is 9.59 Å². The van der Waals surface area contributed by atoms with E-state index in [1.165, 1.54) is 6.08 Å². The standard InChI is InChI=1S/C17H20N2O4/c20-16(18-8-7-17(21)19-9-1-2-10-19)6-4-13-3-5-14-15(11-13)23-12-22-14/h3-6,11H,1-2,7-10,12H2,(H,18,20)/b6-4+. The molecule has 2 aliphatic heterocycles. The molecule has 1 N–H and O–H groups in total. The quantitative estimate of drug-likeness (QED) is 0.837. The Labute approximate surface area is 135 Å². The lowest BCUT2D eigenvalue weighted by Crippen LogP contribution is -2.32. The molecule has 1 aromatic rings. The third kappa shape index (κ3) is 4.03. The molecule has 2 amide bonds. The van der Waals surface area contributed by atoms with Crippen molar-refractivity contribution in [3.63, 3.8) is 0 Å². The normalized spacial score (nSPS) is 16.1. The van der Waals surface area contributed by atoms with Gasteiger partial charge in [0.25, 0.3) is 0 Å². The maximum atomic E-state index is 11.8. The van der Waals surface area contributed by atoms with Gasteiger partial charge in [0.15, 0.2) is 11.5 Å². The molecular formula is C17H20N2O4. The van der Waals surface area contributed by atoms with Crippen LogP contribution in [0.3, 0.4) is 0 Å². The van der Waals surface area contributed by atoms with E-state index in [0.717, 1.165) is 31.5 Å². The van der Waals surface area contributed by atoms with Crippen LogP contribution in [-0.2, 0) is 9.59 Å². The number of likely N-dealkylation sites (tertiary alicyclic amines) is 1. The minimum absolute atomic E-state index is 0.113. The first-order chi connectivity index (χ1) is 11.2. The summed E-state index contributed by atoms with van der Waals surface area (Å²) in [6.07, 6.45) is 5.67. The lowest BCUT2D eigenvalue weighted by atomic mass is 10.2. The number of hydrogen-bond acceptors (Lipinski definition) is 4. The highest BCUT2D eigenvalue weighted by Crippen LogP contribution is 2.32. The van der Waals surface area contributed by atoms with E-state index in [0.29, 0.717) is 24.5 Å². The lowest BCUT2D eigenvalue weighted by molar-refractivity contribution is -0.130. The molecule has 1 fully saturated rings. The molecule has 0 atom stereocenters. The van der Waals surface area contributed by atoms with Gasteiger partial charge in [0, 0.05) is 32.1 Å². The van der Waals surface area contributed by atoms with Gasteiger partial charge in [-0.05, 0) is 36.6 Å². The van der Waals surface area contributed by atoms with Gasteiger partial charge in [0.05, 0.1) is 0 Å². The number of hydrogen-bond donors (Lipinski definition) is 1. The number of nitrogens with zero attached hydrogens (tertiary/aromatic N) is 1. The smallest absolute Gasteiger partial charge is 0.244 e. The Hall–Kier alpha value is -2.50. The molecule has 1 aromatic carbocycles. The van der Waals surface area contributed by atoms with Crippen molar-refractivity contribution in [2.75, 3.05) is 26.4 Å². The molecular weight excluding hydrogens is 296 g/mol. The van der Waals surface area contributed by atoms with Crippen LogP contribution in [0.5, 0.6) is 11.5 Å². The van der Waals surface area contributed by atoms with Crippen LogP contribution in [0.2, 0.25) is 0 Å². The van der Waals surface area contributed by atoms with Crippen LogP contribution in [0.4, 0.5) is 0 Å². The summed E-state index contributed by atoms with van der Waals surface area (Å²) in [5.41, 5.74) is 0.859. The largest absolute Gasteiger partial charge is 0.454 e. The summed E-state index contributed by atoms with van der Waals surface area (Å²) >= 11 is 0. The van der Waals surface area contributed by atoms with Crippen LogP contribution in [0.25, 0.3) is 6.08 Å². The van der Waals surface area contributed by atoms with E-state index in [-0.39, 0.29) is 18.6 Å². The Morgan fingerprint density at radius 3 is 2.78 bits per heavy atom. The van der Waals surface area contributed by atoms with Crippen molar-refractivity contribution in [2.24, 2.45) is 0 Å². The highest BCUT2D eigenvalue weighted by molar-refractivity contribution is 5.92. The van der Waals surface area contributed by atoms with Crippen molar-refractivity contribution in [1.82, 2.24) is 10.2 Å². The number of carbonyl (C=O) groups excluding carboxylic acids is 2. The van der Waals surface area contributed by atoms with Crippen molar-refractivity contribution in [1.29, 1.82) is 0 Å². The fourth-order valence-electron chi connectivity index (χ4n) is 2.66. The molecule has 0 bridgehead atoms. The third-order valence-corrected chi connectivity index (χ3v) is 3.92. The van der Waals surface area contributed by atoms with Gasteiger partial charge in [-0.3, -0.25) is 9.59 Å². The molecule has 0 radical (unpaired) electrons. The number of benzene rings is 1. The first-order valence-corrected chi connectivity index (χ1v) is 7.86.